The van der Waals surface area contributed by atoms with Crippen molar-refractivity contribution in [2.45, 2.75) is 70.1 Å². The van der Waals surface area contributed by atoms with Crippen molar-refractivity contribution in [3.63, 3.8) is 0 Å². The summed E-state index contributed by atoms with van der Waals surface area (Å²) in [6.45, 7) is 1.62. The first kappa shape index (κ1) is 24.5. The van der Waals surface area contributed by atoms with E-state index in [4.69, 9.17) is 18.9 Å². The molecule has 0 radical (unpaired) electrons. The lowest BCUT2D eigenvalue weighted by atomic mass is 9.90. The molecular formula is C27H32N2O7. The van der Waals surface area contributed by atoms with Gasteiger partial charge in [0.25, 0.3) is 5.56 Å². The van der Waals surface area contributed by atoms with Crippen LogP contribution in [0.4, 0.5) is 0 Å². The van der Waals surface area contributed by atoms with E-state index in [1.54, 1.807) is 23.2 Å². The average molecular weight is 497 g/mol. The van der Waals surface area contributed by atoms with Crippen LogP contribution in [0, 0.1) is 5.92 Å². The van der Waals surface area contributed by atoms with Crippen LogP contribution in [0.3, 0.4) is 0 Å². The van der Waals surface area contributed by atoms with Gasteiger partial charge in [0.2, 0.25) is 0 Å². The van der Waals surface area contributed by atoms with Gasteiger partial charge >= 0.3 is 17.8 Å². The van der Waals surface area contributed by atoms with Gasteiger partial charge in [-0.05, 0) is 37.3 Å². The maximum Gasteiger partial charge on any atom is 0.421 e. The minimum atomic E-state index is -1.59. The number of nitrogens with one attached hydrogen (secondary N) is 1. The minimum absolute atomic E-state index is 0.153. The van der Waals surface area contributed by atoms with E-state index in [0.717, 1.165) is 11.3 Å². The van der Waals surface area contributed by atoms with Crippen LogP contribution in [0.25, 0.3) is 0 Å². The minimum Gasteiger partial charge on any atom is -0.493 e. The molecule has 1 aromatic heterocycles. The third kappa shape index (κ3) is 5.47. The molecular weight excluding hydrogens is 464 g/mol. The van der Waals surface area contributed by atoms with Gasteiger partial charge in [0, 0.05) is 30.4 Å². The van der Waals surface area contributed by atoms with Crippen molar-refractivity contribution in [2.24, 2.45) is 5.92 Å². The summed E-state index contributed by atoms with van der Waals surface area (Å²) in [7, 11) is 0. The Morgan fingerprint density at radius 1 is 0.944 bits per heavy atom. The number of carbonyl (C=O) groups excluding carboxylic acids is 2. The molecule has 9 nitrogen and oxygen atoms in total. The zero-order valence-corrected chi connectivity index (χ0v) is 20.3. The number of hydrogen-bond donors (Lipinski definition) is 1. The Labute approximate surface area is 209 Å². The maximum absolute atomic E-state index is 12.2. The molecule has 1 unspecified atom stereocenters. The van der Waals surface area contributed by atoms with E-state index < -0.39 is 17.8 Å². The molecule has 0 bridgehead atoms. The normalized spacial score (nSPS) is 22.4. The first-order chi connectivity index (χ1) is 17.5. The molecule has 36 heavy (non-hydrogen) atoms. The van der Waals surface area contributed by atoms with Crippen molar-refractivity contribution in [1.82, 2.24) is 9.88 Å². The number of esters is 2. The molecule has 3 fully saturated rings. The Morgan fingerprint density at radius 3 is 2.47 bits per heavy atom. The van der Waals surface area contributed by atoms with Crippen molar-refractivity contribution in [3.8, 4) is 5.75 Å². The van der Waals surface area contributed by atoms with Crippen molar-refractivity contribution < 1.29 is 28.5 Å². The number of likely N-dealkylation sites (tertiary alicyclic amines) is 1. The fourth-order valence-electron chi connectivity index (χ4n) is 5.26. The van der Waals surface area contributed by atoms with Crippen LogP contribution in [-0.4, -0.2) is 47.0 Å². The van der Waals surface area contributed by atoms with Crippen LogP contribution >= 0.6 is 0 Å². The van der Waals surface area contributed by atoms with Gasteiger partial charge in [-0.1, -0.05) is 43.5 Å². The first-order valence-corrected chi connectivity index (χ1v) is 12.7. The highest BCUT2D eigenvalue weighted by atomic mass is 16.8. The summed E-state index contributed by atoms with van der Waals surface area (Å²) < 4.78 is 23.3. The highest BCUT2D eigenvalue weighted by Crippen LogP contribution is 2.37. The number of benzene rings is 1. The second-order valence-electron chi connectivity index (χ2n) is 9.79. The SMILES string of the molecule is O=C1OC2(CC(OCc3ccccc3OCC3CCCCC3)CCN2Cc2ccc[nH]c2=O)OC1=O. The Balaban J connectivity index is 1.24. The van der Waals surface area contributed by atoms with E-state index in [-0.39, 0.29) is 24.6 Å². The lowest BCUT2D eigenvalue weighted by Crippen LogP contribution is -2.56. The molecule has 1 saturated carbocycles. The van der Waals surface area contributed by atoms with Gasteiger partial charge in [-0.15, -0.1) is 0 Å². The van der Waals surface area contributed by atoms with Gasteiger partial charge < -0.3 is 23.9 Å². The zero-order valence-electron chi connectivity index (χ0n) is 20.3. The van der Waals surface area contributed by atoms with Gasteiger partial charge in [-0.3, -0.25) is 4.79 Å². The summed E-state index contributed by atoms with van der Waals surface area (Å²) in [6, 6.07) is 11.3. The maximum atomic E-state index is 12.2. The number of hydrogen-bond acceptors (Lipinski definition) is 8. The largest absolute Gasteiger partial charge is 0.493 e. The highest BCUT2D eigenvalue weighted by Gasteiger charge is 2.56. The molecule has 192 valence electrons. The highest BCUT2D eigenvalue weighted by molar-refractivity contribution is 6.31. The summed E-state index contributed by atoms with van der Waals surface area (Å²) in [4.78, 5) is 40.5. The standard InChI is InChI=1S/C27H32N2O7/c30-24-20(10-6-13-28-24)16-29-14-12-22(15-27(29)35-25(31)26(32)36-27)33-18-21-9-4-5-11-23(21)34-17-19-7-2-1-3-8-19/h4-6,9-11,13,19,22H,1-3,7-8,12,14-18H2,(H,28,30). The molecule has 2 aromatic rings. The summed E-state index contributed by atoms with van der Waals surface area (Å²) in [5, 5.41) is 0. The molecule has 5 rings (SSSR count). The molecule has 1 N–H and O–H groups in total. The predicted molar refractivity (Wildman–Crippen MR) is 129 cm³/mol. The average Bonchev–Trinajstić information content (AvgIpc) is 3.18. The number of aromatic nitrogens is 1. The summed E-state index contributed by atoms with van der Waals surface area (Å²) in [5.41, 5.74) is 1.19. The number of piperidine rings is 1. The van der Waals surface area contributed by atoms with E-state index >= 15 is 0 Å². The number of aromatic amines is 1. The van der Waals surface area contributed by atoms with E-state index in [9.17, 15) is 14.4 Å². The second-order valence-corrected chi connectivity index (χ2v) is 9.79. The molecule has 9 heteroatoms. The Hall–Kier alpha value is -3.17. The number of H-pyrrole nitrogens is 1. The second kappa shape index (κ2) is 10.8. The molecule has 2 aliphatic heterocycles. The Kier molecular flexibility index (Phi) is 7.38. The molecule has 1 aromatic carbocycles. The van der Waals surface area contributed by atoms with Crippen LogP contribution in [0.1, 0.15) is 56.1 Å². The smallest absolute Gasteiger partial charge is 0.421 e. The predicted octanol–water partition coefficient (Wildman–Crippen LogP) is 3.27. The topological polar surface area (TPSA) is 107 Å². The third-order valence-electron chi connectivity index (χ3n) is 7.27. The molecule has 1 atom stereocenters. The third-order valence-corrected chi connectivity index (χ3v) is 7.27. The van der Waals surface area contributed by atoms with E-state index in [0.29, 0.717) is 37.7 Å². The van der Waals surface area contributed by atoms with E-state index in [1.165, 1.54) is 32.1 Å². The fraction of sp³-hybridized carbons (Fsp3) is 0.519. The number of pyridine rings is 1. The van der Waals surface area contributed by atoms with E-state index in [1.807, 2.05) is 24.3 Å². The number of nitrogens with zero attached hydrogens (tertiary/aromatic N) is 1. The fourth-order valence-corrected chi connectivity index (χ4v) is 5.26. The first-order valence-electron chi connectivity index (χ1n) is 12.7. The van der Waals surface area contributed by atoms with Gasteiger partial charge in [0.05, 0.1) is 25.7 Å². The Morgan fingerprint density at radius 2 is 1.69 bits per heavy atom. The number of rotatable bonds is 8. The van der Waals surface area contributed by atoms with Gasteiger partial charge in [0.1, 0.15) is 5.75 Å². The summed E-state index contributed by atoms with van der Waals surface area (Å²) in [6.07, 6.45) is 8.28. The molecule has 2 saturated heterocycles. The van der Waals surface area contributed by atoms with Gasteiger partial charge in [-0.2, -0.15) is 0 Å². The van der Waals surface area contributed by atoms with Crippen LogP contribution in [-0.2, 0) is 37.0 Å². The van der Waals surface area contributed by atoms with Gasteiger partial charge in [-0.25, -0.2) is 14.5 Å². The monoisotopic (exact) mass is 496 g/mol. The lowest BCUT2D eigenvalue weighted by molar-refractivity contribution is -0.283. The van der Waals surface area contributed by atoms with Crippen LogP contribution in [0.2, 0.25) is 0 Å². The molecule has 1 spiro atoms. The quantitative estimate of drug-likeness (QED) is 0.438. The molecule has 0 amide bonds. The Bertz CT molecular complexity index is 1120. The van der Waals surface area contributed by atoms with Gasteiger partial charge in [0.15, 0.2) is 0 Å². The molecule has 3 heterocycles. The van der Waals surface area contributed by atoms with Crippen LogP contribution in [0.15, 0.2) is 47.4 Å². The number of carbonyl (C=O) groups is 2. The summed E-state index contributed by atoms with van der Waals surface area (Å²) >= 11 is 0. The van der Waals surface area contributed by atoms with E-state index in [2.05, 4.69) is 4.98 Å². The molecule has 1 aliphatic carbocycles. The summed E-state index contributed by atoms with van der Waals surface area (Å²) in [5.74, 6) is -2.25. The van der Waals surface area contributed by atoms with Crippen LogP contribution < -0.4 is 10.3 Å². The van der Waals surface area contributed by atoms with Crippen molar-refractivity contribution in [3.05, 3.63) is 64.1 Å². The lowest BCUT2D eigenvalue weighted by Gasteiger charge is -2.43. The zero-order chi connectivity index (χ0) is 25.0. The van der Waals surface area contributed by atoms with Crippen molar-refractivity contribution >= 4 is 11.9 Å². The van der Waals surface area contributed by atoms with Crippen molar-refractivity contribution in [2.75, 3.05) is 13.2 Å². The number of ether oxygens (including phenoxy) is 4. The molecule has 3 aliphatic rings. The number of para-hydroxylation sites is 1. The van der Waals surface area contributed by atoms with Crippen LogP contribution in [0.5, 0.6) is 5.75 Å². The van der Waals surface area contributed by atoms with Crippen molar-refractivity contribution in [1.29, 1.82) is 0 Å².